The number of benzene rings is 2. The van der Waals surface area contributed by atoms with Crippen molar-refractivity contribution in [2.45, 2.75) is 0 Å². The second-order valence-electron chi connectivity index (χ2n) is 4.80. The van der Waals surface area contributed by atoms with Crippen molar-refractivity contribution in [3.63, 3.8) is 0 Å². The molecule has 0 atom stereocenters. The van der Waals surface area contributed by atoms with Gasteiger partial charge in [-0.05, 0) is 35.9 Å². The van der Waals surface area contributed by atoms with E-state index < -0.39 is 0 Å². The lowest BCUT2D eigenvalue weighted by atomic mass is 10.0. The third-order valence-corrected chi connectivity index (χ3v) is 3.43. The average Bonchev–Trinajstić information content (AvgIpc) is 2.62. The summed E-state index contributed by atoms with van der Waals surface area (Å²) < 4.78 is 5.95. The molecular formula is C19H14N2O. The van der Waals surface area contributed by atoms with E-state index in [0.717, 1.165) is 22.4 Å². The lowest BCUT2D eigenvalue weighted by Crippen LogP contribution is -2.11. The Morgan fingerprint density at radius 2 is 1.91 bits per heavy atom. The summed E-state index contributed by atoms with van der Waals surface area (Å²) in [5.74, 6) is 1.35. The number of ether oxygens (including phenoxy) is 1. The van der Waals surface area contributed by atoms with E-state index in [-0.39, 0.29) is 0 Å². The topological polar surface area (TPSA) is 45.4 Å². The molecule has 0 N–H and O–H groups in total. The minimum atomic E-state index is 0.566. The molecule has 2 aromatic carbocycles. The van der Waals surface area contributed by atoms with Gasteiger partial charge in [0.15, 0.2) is 0 Å². The average molecular weight is 286 g/mol. The maximum atomic E-state index is 8.86. The molecule has 1 aliphatic rings. The Bertz CT molecular complexity index is 808. The molecule has 0 unspecified atom stereocenters. The highest BCUT2D eigenvalue weighted by molar-refractivity contribution is 5.98. The highest BCUT2D eigenvalue weighted by atomic mass is 16.5. The van der Waals surface area contributed by atoms with Crippen LogP contribution in [0.15, 0.2) is 66.2 Å². The van der Waals surface area contributed by atoms with Gasteiger partial charge in [0, 0.05) is 11.1 Å². The van der Waals surface area contributed by atoms with Gasteiger partial charge >= 0.3 is 0 Å². The van der Waals surface area contributed by atoms with E-state index in [0.29, 0.717) is 18.0 Å². The largest absolute Gasteiger partial charge is 0.438 e. The first kappa shape index (κ1) is 13.8. The van der Waals surface area contributed by atoms with Crippen LogP contribution < -0.4 is 0 Å². The van der Waals surface area contributed by atoms with Gasteiger partial charge in [0.1, 0.15) is 5.76 Å². The van der Waals surface area contributed by atoms with E-state index in [2.05, 4.69) is 17.6 Å². The Morgan fingerprint density at radius 1 is 1.14 bits per heavy atom. The molecule has 106 valence electrons. The van der Waals surface area contributed by atoms with Crippen molar-refractivity contribution in [3.05, 3.63) is 83.4 Å². The van der Waals surface area contributed by atoms with E-state index in [9.17, 15) is 0 Å². The molecule has 0 saturated carbocycles. The minimum Gasteiger partial charge on any atom is -0.438 e. The van der Waals surface area contributed by atoms with E-state index in [4.69, 9.17) is 10.00 Å². The van der Waals surface area contributed by atoms with Crippen LogP contribution in [0.4, 0.5) is 0 Å². The molecule has 1 aliphatic heterocycles. The molecular weight excluding hydrogens is 272 g/mol. The number of nitrogens with zero attached hydrogens (tertiary/aromatic N) is 2. The fourth-order valence-corrected chi connectivity index (χ4v) is 2.29. The highest BCUT2D eigenvalue weighted by Crippen LogP contribution is 2.25. The van der Waals surface area contributed by atoms with Crippen molar-refractivity contribution in [2.24, 2.45) is 4.99 Å². The molecule has 3 heteroatoms. The predicted octanol–water partition coefficient (Wildman–Crippen LogP) is 4.02. The van der Waals surface area contributed by atoms with Gasteiger partial charge in [0.2, 0.25) is 5.90 Å². The fraction of sp³-hybridized carbons (Fsp3) is 0.0526. The molecule has 0 fully saturated rings. The molecule has 3 nitrogen and oxygen atoms in total. The number of aliphatic imine (C=N–C) groups is 1. The Morgan fingerprint density at radius 3 is 2.64 bits per heavy atom. The Hall–Kier alpha value is -3.12. The quantitative estimate of drug-likeness (QED) is 0.855. The van der Waals surface area contributed by atoms with Crippen molar-refractivity contribution in [1.29, 1.82) is 5.26 Å². The maximum Gasteiger partial charge on any atom is 0.222 e. The SMILES string of the molecule is C=Cc1ccccc1C1=CCN=C(c2ccc(C#N)cc2)O1. The van der Waals surface area contributed by atoms with Crippen LogP contribution in [-0.4, -0.2) is 12.4 Å². The summed E-state index contributed by atoms with van der Waals surface area (Å²) in [5, 5.41) is 8.86. The second kappa shape index (κ2) is 6.11. The first-order valence-electron chi connectivity index (χ1n) is 6.96. The summed E-state index contributed by atoms with van der Waals surface area (Å²) in [7, 11) is 0. The molecule has 0 aliphatic carbocycles. The monoisotopic (exact) mass is 286 g/mol. The summed E-state index contributed by atoms with van der Waals surface area (Å²) >= 11 is 0. The van der Waals surface area contributed by atoms with Gasteiger partial charge in [-0.2, -0.15) is 5.26 Å². The minimum absolute atomic E-state index is 0.566. The molecule has 0 spiro atoms. The number of rotatable bonds is 3. The second-order valence-corrected chi connectivity index (χ2v) is 4.80. The lowest BCUT2D eigenvalue weighted by Gasteiger charge is -2.17. The Kier molecular flexibility index (Phi) is 3.84. The summed E-state index contributed by atoms with van der Waals surface area (Å²) in [5.41, 5.74) is 3.50. The smallest absolute Gasteiger partial charge is 0.222 e. The van der Waals surface area contributed by atoms with Crippen molar-refractivity contribution >= 4 is 17.7 Å². The van der Waals surface area contributed by atoms with Crippen molar-refractivity contribution in [2.75, 3.05) is 6.54 Å². The number of hydrogen-bond donors (Lipinski definition) is 0. The fourth-order valence-electron chi connectivity index (χ4n) is 2.29. The number of hydrogen-bond acceptors (Lipinski definition) is 3. The van der Waals surface area contributed by atoms with Gasteiger partial charge in [-0.3, -0.25) is 0 Å². The standard InChI is InChI=1S/C19H14N2O/c1-2-15-5-3-4-6-17(15)18-11-12-21-19(22-18)16-9-7-14(13-20)8-10-16/h2-11H,1,12H2. The van der Waals surface area contributed by atoms with Crippen LogP contribution in [0.2, 0.25) is 0 Å². The van der Waals surface area contributed by atoms with Crippen LogP contribution in [0.25, 0.3) is 11.8 Å². The Balaban J connectivity index is 1.88. The zero-order chi connectivity index (χ0) is 15.4. The Labute approximate surface area is 129 Å². The zero-order valence-electron chi connectivity index (χ0n) is 12.0. The first-order valence-corrected chi connectivity index (χ1v) is 6.96. The van der Waals surface area contributed by atoms with Crippen LogP contribution in [0.3, 0.4) is 0 Å². The van der Waals surface area contributed by atoms with Crippen molar-refractivity contribution in [3.8, 4) is 6.07 Å². The molecule has 0 aromatic heterocycles. The normalized spacial score (nSPS) is 13.4. The van der Waals surface area contributed by atoms with Gasteiger partial charge in [-0.1, -0.05) is 36.9 Å². The van der Waals surface area contributed by atoms with E-state index >= 15 is 0 Å². The van der Waals surface area contributed by atoms with Gasteiger partial charge in [0.05, 0.1) is 18.2 Å². The highest BCUT2D eigenvalue weighted by Gasteiger charge is 2.15. The van der Waals surface area contributed by atoms with Crippen LogP contribution in [0.1, 0.15) is 22.3 Å². The summed E-state index contributed by atoms with van der Waals surface area (Å²) in [6.07, 6.45) is 3.77. The summed E-state index contributed by atoms with van der Waals surface area (Å²) in [6.45, 7) is 4.40. The lowest BCUT2D eigenvalue weighted by molar-refractivity contribution is 0.497. The maximum absolute atomic E-state index is 8.86. The molecule has 3 rings (SSSR count). The molecule has 2 aromatic rings. The van der Waals surface area contributed by atoms with Gasteiger partial charge in [-0.15, -0.1) is 0 Å². The molecule has 0 saturated heterocycles. The van der Waals surface area contributed by atoms with Gasteiger partial charge in [0.25, 0.3) is 0 Å². The molecule has 1 heterocycles. The van der Waals surface area contributed by atoms with Crippen LogP contribution in [0, 0.1) is 11.3 Å². The molecule has 0 bridgehead atoms. The van der Waals surface area contributed by atoms with Crippen molar-refractivity contribution < 1.29 is 4.74 Å². The van der Waals surface area contributed by atoms with Gasteiger partial charge < -0.3 is 4.74 Å². The third kappa shape index (κ3) is 2.68. The van der Waals surface area contributed by atoms with E-state index in [1.54, 1.807) is 12.1 Å². The molecule has 0 radical (unpaired) electrons. The third-order valence-electron chi connectivity index (χ3n) is 3.43. The molecule has 0 amide bonds. The zero-order valence-corrected chi connectivity index (χ0v) is 12.0. The summed E-state index contributed by atoms with van der Waals surface area (Å²) in [4.78, 5) is 4.40. The predicted molar refractivity (Wildman–Crippen MR) is 88.2 cm³/mol. The van der Waals surface area contributed by atoms with E-state index in [1.807, 2.05) is 48.6 Å². The van der Waals surface area contributed by atoms with Crippen LogP contribution in [0.5, 0.6) is 0 Å². The first-order chi connectivity index (χ1) is 10.8. The molecule has 22 heavy (non-hydrogen) atoms. The van der Waals surface area contributed by atoms with Crippen LogP contribution in [-0.2, 0) is 4.74 Å². The van der Waals surface area contributed by atoms with Gasteiger partial charge in [-0.25, -0.2) is 4.99 Å². The summed E-state index contributed by atoms with van der Waals surface area (Å²) in [6, 6.07) is 17.3. The van der Waals surface area contributed by atoms with E-state index in [1.165, 1.54) is 0 Å². The number of nitriles is 1. The van der Waals surface area contributed by atoms with Crippen LogP contribution >= 0.6 is 0 Å². The van der Waals surface area contributed by atoms with Crippen molar-refractivity contribution in [1.82, 2.24) is 0 Å².